The highest BCUT2D eigenvalue weighted by Crippen LogP contribution is 2.32. The molecule has 30 heavy (non-hydrogen) atoms. The number of carbonyl (C=O) groups excluding carboxylic acids is 2. The molecule has 0 bridgehead atoms. The molecule has 1 amide bonds. The van der Waals surface area contributed by atoms with Crippen LogP contribution in [0.25, 0.3) is 0 Å². The molecule has 0 saturated carbocycles. The van der Waals surface area contributed by atoms with Crippen LogP contribution in [0.1, 0.15) is 27.6 Å². The molecular formula is C24H23NO5. The molecule has 0 aliphatic carbocycles. The Morgan fingerprint density at radius 1 is 0.833 bits per heavy atom. The second-order valence-electron chi connectivity index (χ2n) is 6.59. The summed E-state index contributed by atoms with van der Waals surface area (Å²) in [6.07, 6.45) is -1.14. The van der Waals surface area contributed by atoms with E-state index in [-0.39, 0.29) is 11.3 Å². The summed E-state index contributed by atoms with van der Waals surface area (Å²) in [5.41, 5.74) is 2.41. The van der Waals surface area contributed by atoms with Gasteiger partial charge in [0.05, 0.1) is 14.2 Å². The summed E-state index contributed by atoms with van der Waals surface area (Å²) in [5, 5.41) is 2.80. The van der Waals surface area contributed by atoms with Crippen LogP contribution >= 0.6 is 0 Å². The molecule has 0 saturated heterocycles. The third-order valence-electron chi connectivity index (χ3n) is 4.51. The zero-order valence-electron chi connectivity index (χ0n) is 17.0. The molecule has 3 rings (SSSR count). The van der Waals surface area contributed by atoms with Gasteiger partial charge in [0.15, 0.2) is 11.5 Å². The van der Waals surface area contributed by atoms with Crippen molar-refractivity contribution in [3.8, 4) is 11.5 Å². The van der Waals surface area contributed by atoms with E-state index < -0.39 is 18.0 Å². The van der Waals surface area contributed by atoms with Crippen molar-refractivity contribution < 1.29 is 23.8 Å². The predicted octanol–water partition coefficient (Wildman–Crippen LogP) is 4.55. The molecule has 0 fully saturated rings. The predicted molar refractivity (Wildman–Crippen MR) is 114 cm³/mol. The molecule has 1 N–H and O–H groups in total. The lowest BCUT2D eigenvalue weighted by Gasteiger charge is -2.19. The van der Waals surface area contributed by atoms with Gasteiger partial charge in [0, 0.05) is 11.3 Å². The van der Waals surface area contributed by atoms with Gasteiger partial charge in [0.25, 0.3) is 5.91 Å². The van der Waals surface area contributed by atoms with Crippen molar-refractivity contribution in [2.24, 2.45) is 0 Å². The first-order valence-electron chi connectivity index (χ1n) is 9.38. The summed E-state index contributed by atoms with van der Waals surface area (Å²) in [5.74, 6) is -0.512. The molecule has 1 atom stereocenters. The summed E-state index contributed by atoms with van der Waals surface area (Å²) < 4.78 is 16.2. The van der Waals surface area contributed by atoms with Crippen LogP contribution in [0, 0.1) is 6.92 Å². The van der Waals surface area contributed by atoms with Crippen LogP contribution < -0.4 is 14.8 Å². The van der Waals surface area contributed by atoms with E-state index in [0.29, 0.717) is 17.0 Å². The number of anilines is 1. The number of benzene rings is 3. The van der Waals surface area contributed by atoms with Gasteiger partial charge in [-0.15, -0.1) is 0 Å². The third-order valence-corrected chi connectivity index (χ3v) is 4.51. The lowest BCUT2D eigenvalue weighted by molar-refractivity contribution is -0.125. The van der Waals surface area contributed by atoms with Crippen molar-refractivity contribution in [1.82, 2.24) is 0 Å². The summed E-state index contributed by atoms with van der Waals surface area (Å²) in [6.45, 7) is 1.96. The molecule has 3 aromatic carbocycles. The fourth-order valence-electron chi connectivity index (χ4n) is 2.96. The number of hydrogen-bond donors (Lipinski definition) is 1. The van der Waals surface area contributed by atoms with Gasteiger partial charge in [0.2, 0.25) is 6.10 Å². The minimum Gasteiger partial charge on any atom is -0.493 e. The lowest BCUT2D eigenvalue weighted by atomic mass is 10.1. The van der Waals surface area contributed by atoms with Gasteiger partial charge in [-0.25, -0.2) is 4.79 Å². The van der Waals surface area contributed by atoms with Gasteiger partial charge in [-0.2, -0.15) is 0 Å². The molecular weight excluding hydrogens is 382 g/mol. The number of hydrogen-bond acceptors (Lipinski definition) is 5. The minimum absolute atomic E-state index is 0.168. The molecule has 0 unspecified atom stereocenters. The number of para-hydroxylation sites is 1. The van der Waals surface area contributed by atoms with E-state index in [0.717, 1.165) is 5.56 Å². The van der Waals surface area contributed by atoms with Gasteiger partial charge in [-0.3, -0.25) is 4.79 Å². The molecule has 3 aromatic rings. The maximum absolute atomic E-state index is 13.0. The Labute approximate surface area is 175 Å². The summed E-state index contributed by atoms with van der Waals surface area (Å²) in [6, 6.07) is 21.1. The normalized spacial score (nSPS) is 11.3. The van der Waals surface area contributed by atoms with Crippen LogP contribution in [0.2, 0.25) is 0 Å². The molecule has 6 heteroatoms. The fourth-order valence-corrected chi connectivity index (χ4v) is 2.96. The van der Waals surface area contributed by atoms with E-state index in [4.69, 9.17) is 14.2 Å². The first kappa shape index (κ1) is 20.9. The van der Waals surface area contributed by atoms with Crippen molar-refractivity contribution in [3.63, 3.8) is 0 Å². The van der Waals surface area contributed by atoms with E-state index in [1.807, 2.05) is 25.1 Å². The highest BCUT2D eigenvalue weighted by Gasteiger charge is 2.28. The van der Waals surface area contributed by atoms with Crippen LogP contribution in [0.3, 0.4) is 0 Å². The number of rotatable bonds is 7. The Morgan fingerprint density at radius 2 is 1.53 bits per heavy atom. The Balaban J connectivity index is 1.89. The Hall–Kier alpha value is -3.80. The fraction of sp³-hybridized carbons (Fsp3) is 0.167. The summed E-state index contributed by atoms with van der Waals surface area (Å²) in [7, 11) is 2.92. The van der Waals surface area contributed by atoms with E-state index in [1.165, 1.54) is 14.2 Å². The second kappa shape index (κ2) is 9.60. The van der Waals surface area contributed by atoms with Gasteiger partial charge >= 0.3 is 5.97 Å². The maximum atomic E-state index is 13.0. The highest BCUT2D eigenvalue weighted by atomic mass is 16.6. The summed E-state index contributed by atoms with van der Waals surface area (Å²) >= 11 is 0. The van der Waals surface area contributed by atoms with Gasteiger partial charge in [-0.05, 0) is 31.2 Å². The molecule has 154 valence electrons. The van der Waals surface area contributed by atoms with Crippen LogP contribution in [0.5, 0.6) is 11.5 Å². The van der Waals surface area contributed by atoms with Crippen molar-refractivity contribution >= 4 is 17.6 Å². The Bertz CT molecular complexity index is 1020. The number of carbonyl (C=O) groups is 2. The van der Waals surface area contributed by atoms with Crippen molar-refractivity contribution in [2.75, 3.05) is 19.5 Å². The van der Waals surface area contributed by atoms with E-state index >= 15 is 0 Å². The van der Waals surface area contributed by atoms with Crippen molar-refractivity contribution in [1.29, 1.82) is 0 Å². The largest absolute Gasteiger partial charge is 0.493 e. The van der Waals surface area contributed by atoms with Crippen LogP contribution in [0.4, 0.5) is 5.69 Å². The quantitative estimate of drug-likeness (QED) is 0.584. The second-order valence-corrected chi connectivity index (χ2v) is 6.59. The molecule has 0 radical (unpaired) electrons. The van der Waals surface area contributed by atoms with Gasteiger partial charge < -0.3 is 19.5 Å². The van der Waals surface area contributed by atoms with Crippen LogP contribution in [-0.4, -0.2) is 26.1 Å². The number of esters is 1. The summed E-state index contributed by atoms with van der Waals surface area (Å²) in [4.78, 5) is 25.9. The molecule has 6 nitrogen and oxygen atoms in total. The van der Waals surface area contributed by atoms with Crippen molar-refractivity contribution in [3.05, 3.63) is 89.5 Å². The standard InChI is InChI=1S/C24H23NO5/c1-16-12-14-18(15-13-16)25-23(26)21(17-8-5-4-6-9-17)30-24(27)19-10-7-11-20(28-2)22(19)29-3/h4-15,21H,1-3H3,(H,25,26)/t21-/m1/s1. The SMILES string of the molecule is COc1cccc(C(=O)O[C@@H](C(=O)Nc2ccc(C)cc2)c2ccccc2)c1OC. The monoisotopic (exact) mass is 405 g/mol. The maximum Gasteiger partial charge on any atom is 0.343 e. The first-order valence-corrected chi connectivity index (χ1v) is 9.38. The minimum atomic E-state index is -1.14. The number of amides is 1. The molecule has 0 aliphatic rings. The van der Waals surface area contributed by atoms with Gasteiger partial charge in [0.1, 0.15) is 5.56 Å². The van der Waals surface area contributed by atoms with E-state index in [2.05, 4.69) is 5.32 Å². The topological polar surface area (TPSA) is 73.9 Å². The Kier molecular flexibility index (Phi) is 6.70. The van der Waals surface area contributed by atoms with Crippen molar-refractivity contribution in [2.45, 2.75) is 13.0 Å². The Morgan fingerprint density at radius 3 is 2.17 bits per heavy atom. The number of ether oxygens (including phenoxy) is 3. The highest BCUT2D eigenvalue weighted by molar-refractivity contribution is 5.99. The molecule has 0 spiro atoms. The number of nitrogens with one attached hydrogen (secondary N) is 1. The zero-order chi connectivity index (χ0) is 21.5. The average molecular weight is 405 g/mol. The number of methoxy groups -OCH3 is 2. The van der Waals surface area contributed by atoms with Crippen LogP contribution in [-0.2, 0) is 9.53 Å². The zero-order valence-corrected chi connectivity index (χ0v) is 17.0. The first-order chi connectivity index (χ1) is 14.5. The lowest BCUT2D eigenvalue weighted by Crippen LogP contribution is -2.26. The van der Waals surface area contributed by atoms with Gasteiger partial charge in [-0.1, -0.05) is 54.1 Å². The molecule has 0 aliphatic heterocycles. The molecule has 0 aromatic heterocycles. The van der Waals surface area contributed by atoms with Crippen LogP contribution in [0.15, 0.2) is 72.8 Å². The molecule has 0 heterocycles. The third kappa shape index (κ3) is 4.78. The van der Waals surface area contributed by atoms with E-state index in [1.54, 1.807) is 54.6 Å². The average Bonchev–Trinajstić information content (AvgIpc) is 2.78. The number of aryl methyl sites for hydroxylation is 1. The smallest absolute Gasteiger partial charge is 0.343 e. The van der Waals surface area contributed by atoms with E-state index in [9.17, 15) is 9.59 Å².